The van der Waals surface area contributed by atoms with Crippen molar-refractivity contribution in [2.75, 3.05) is 13.2 Å². The molecule has 0 atom stereocenters. The SMILES string of the molecule is CCOCCCn1c(SCc2nc3ccccc3s2)nnc1-c1ccncc1. The Bertz CT molecular complexity index is 998. The molecule has 0 amide bonds. The monoisotopic (exact) mass is 411 g/mol. The minimum atomic E-state index is 0.729. The van der Waals surface area contributed by atoms with Crippen molar-refractivity contribution in [1.29, 1.82) is 0 Å². The molecule has 28 heavy (non-hydrogen) atoms. The number of nitrogens with zero attached hydrogens (tertiary/aromatic N) is 5. The van der Waals surface area contributed by atoms with Gasteiger partial charge in [0, 0.05) is 37.7 Å². The van der Waals surface area contributed by atoms with Gasteiger partial charge in [0.15, 0.2) is 11.0 Å². The molecule has 3 heterocycles. The maximum absolute atomic E-state index is 5.50. The predicted molar refractivity (Wildman–Crippen MR) is 114 cm³/mol. The Morgan fingerprint density at radius 3 is 2.79 bits per heavy atom. The van der Waals surface area contributed by atoms with Crippen molar-refractivity contribution in [3.63, 3.8) is 0 Å². The average molecular weight is 412 g/mol. The number of hydrogen-bond acceptors (Lipinski definition) is 7. The van der Waals surface area contributed by atoms with Gasteiger partial charge in [-0.3, -0.25) is 4.98 Å². The summed E-state index contributed by atoms with van der Waals surface area (Å²) in [6.07, 6.45) is 4.48. The summed E-state index contributed by atoms with van der Waals surface area (Å²) < 4.78 is 8.89. The first-order valence-electron chi connectivity index (χ1n) is 9.23. The van der Waals surface area contributed by atoms with Gasteiger partial charge in [-0.15, -0.1) is 21.5 Å². The molecule has 0 unspecified atom stereocenters. The van der Waals surface area contributed by atoms with Crippen LogP contribution < -0.4 is 0 Å². The summed E-state index contributed by atoms with van der Waals surface area (Å²) in [5, 5.41) is 10.9. The zero-order valence-electron chi connectivity index (χ0n) is 15.6. The zero-order valence-corrected chi connectivity index (χ0v) is 17.2. The molecule has 3 aromatic heterocycles. The molecule has 0 saturated carbocycles. The Hall–Kier alpha value is -2.29. The highest BCUT2D eigenvalue weighted by Crippen LogP contribution is 2.29. The van der Waals surface area contributed by atoms with E-state index >= 15 is 0 Å². The van der Waals surface area contributed by atoms with E-state index in [9.17, 15) is 0 Å². The second kappa shape index (κ2) is 9.27. The lowest BCUT2D eigenvalue weighted by Crippen LogP contribution is -2.06. The Balaban J connectivity index is 1.54. The molecule has 0 aliphatic rings. The zero-order chi connectivity index (χ0) is 19.2. The molecule has 6 nitrogen and oxygen atoms in total. The first kappa shape index (κ1) is 19.0. The summed E-state index contributed by atoms with van der Waals surface area (Å²) in [6, 6.07) is 12.2. The maximum Gasteiger partial charge on any atom is 0.191 e. The van der Waals surface area contributed by atoms with E-state index in [4.69, 9.17) is 9.72 Å². The lowest BCUT2D eigenvalue weighted by Gasteiger charge is -2.10. The topological polar surface area (TPSA) is 65.7 Å². The van der Waals surface area contributed by atoms with Crippen molar-refractivity contribution in [2.24, 2.45) is 0 Å². The van der Waals surface area contributed by atoms with Crippen molar-refractivity contribution in [3.05, 3.63) is 53.8 Å². The van der Waals surface area contributed by atoms with Gasteiger partial charge in [0.2, 0.25) is 0 Å². The molecular formula is C20H21N5OS2. The Labute approximate surface area is 172 Å². The minimum Gasteiger partial charge on any atom is -0.382 e. The van der Waals surface area contributed by atoms with Gasteiger partial charge in [-0.2, -0.15) is 0 Å². The van der Waals surface area contributed by atoms with Gasteiger partial charge in [0.05, 0.1) is 16.0 Å². The summed E-state index contributed by atoms with van der Waals surface area (Å²) in [6.45, 7) is 4.29. The molecule has 144 valence electrons. The van der Waals surface area contributed by atoms with Gasteiger partial charge in [-0.05, 0) is 37.6 Å². The van der Waals surface area contributed by atoms with Crippen LogP contribution in [-0.4, -0.2) is 37.9 Å². The number of rotatable bonds is 9. The first-order chi connectivity index (χ1) is 13.8. The van der Waals surface area contributed by atoms with Crippen LogP contribution in [0, 0.1) is 0 Å². The molecule has 0 fully saturated rings. The van der Waals surface area contributed by atoms with E-state index in [2.05, 4.69) is 31.9 Å². The molecule has 0 N–H and O–H groups in total. The molecule has 0 saturated heterocycles. The number of ether oxygens (including phenoxy) is 1. The van der Waals surface area contributed by atoms with E-state index in [0.717, 1.165) is 59.0 Å². The van der Waals surface area contributed by atoms with Gasteiger partial charge >= 0.3 is 0 Å². The number of para-hydroxylation sites is 1. The molecule has 0 bridgehead atoms. The molecule has 4 aromatic rings. The van der Waals surface area contributed by atoms with Crippen LogP contribution in [0.1, 0.15) is 18.4 Å². The van der Waals surface area contributed by atoms with Crippen molar-refractivity contribution in [3.8, 4) is 11.4 Å². The third-order valence-corrected chi connectivity index (χ3v) is 6.39. The highest BCUT2D eigenvalue weighted by Gasteiger charge is 2.15. The Morgan fingerprint density at radius 2 is 1.96 bits per heavy atom. The van der Waals surface area contributed by atoms with Gasteiger partial charge in [-0.1, -0.05) is 23.9 Å². The Morgan fingerprint density at radius 1 is 1.11 bits per heavy atom. The van der Waals surface area contributed by atoms with Crippen molar-refractivity contribution >= 4 is 33.3 Å². The van der Waals surface area contributed by atoms with Crippen LogP contribution in [0.3, 0.4) is 0 Å². The van der Waals surface area contributed by atoms with E-state index < -0.39 is 0 Å². The molecule has 0 aliphatic carbocycles. The predicted octanol–water partition coefficient (Wildman–Crippen LogP) is 4.67. The summed E-state index contributed by atoms with van der Waals surface area (Å²) in [4.78, 5) is 8.82. The largest absolute Gasteiger partial charge is 0.382 e. The fourth-order valence-electron chi connectivity index (χ4n) is 2.89. The van der Waals surface area contributed by atoms with Gasteiger partial charge in [-0.25, -0.2) is 4.98 Å². The van der Waals surface area contributed by atoms with Gasteiger partial charge < -0.3 is 9.30 Å². The van der Waals surface area contributed by atoms with E-state index in [1.54, 1.807) is 35.5 Å². The van der Waals surface area contributed by atoms with Crippen LogP contribution in [0.25, 0.3) is 21.6 Å². The normalized spacial score (nSPS) is 11.3. The molecule has 8 heteroatoms. The number of thioether (sulfide) groups is 1. The third-order valence-electron chi connectivity index (χ3n) is 4.19. The third kappa shape index (κ3) is 4.40. The molecule has 4 rings (SSSR count). The van der Waals surface area contributed by atoms with E-state index in [-0.39, 0.29) is 0 Å². The fourth-order valence-corrected chi connectivity index (χ4v) is 4.81. The van der Waals surface area contributed by atoms with E-state index in [0.29, 0.717) is 0 Å². The molecule has 0 spiro atoms. The summed E-state index contributed by atoms with van der Waals surface area (Å²) >= 11 is 3.41. The number of hydrogen-bond donors (Lipinski definition) is 0. The standard InChI is InChI=1S/C20H21N5OS2/c1-2-26-13-5-12-25-19(15-8-10-21-11-9-15)23-24-20(25)27-14-18-22-16-6-3-4-7-17(16)28-18/h3-4,6-11H,2,5,12-14H2,1H3. The Kier molecular flexibility index (Phi) is 6.31. The lowest BCUT2D eigenvalue weighted by molar-refractivity contribution is 0.141. The highest BCUT2D eigenvalue weighted by atomic mass is 32.2. The van der Waals surface area contributed by atoms with Crippen LogP contribution in [0.15, 0.2) is 53.9 Å². The van der Waals surface area contributed by atoms with Crippen molar-refractivity contribution in [1.82, 2.24) is 24.7 Å². The summed E-state index contributed by atoms with van der Waals surface area (Å²) in [5.41, 5.74) is 2.07. The minimum absolute atomic E-state index is 0.729. The van der Waals surface area contributed by atoms with E-state index in [1.165, 1.54) is 4.70 Å². The maximum atomic E-state index is 5.50. The quantitative estimate of drug-likeness (QED) is 0.295. The second-order valence-electron chi connectivity index (χ2n) is 6.11. The first-order valence-corrected chi connectivity index (χ1v) is 11.0. The number of thiazole rings is 1. The second-order valence-corrected chi connectivity index (χ2v) is 8.17. The molecular weight excluding hydrogens is 390 g/mol. The average Bonchev–Trinajstić information content (AvgIpc) is 3.34. The van der Waals surface area contributed by atoms with Crippen molar-refractivity contribution in [2.45, 2.75) is 30.8 Å². The summed E-state index contributed by atoms with van der Waals surface area (Å²) in [7, 11) is 0. The van der Waals surface area contributed by atoms with E-state index in [1.807, 2.05) is 31.2 Å². The van der Waals surface area contributed by atoms with Crippen LogP contribution in [0.5, 0.6) is 0 Å². The lowest BCUT2D eigenvalue weighted by atomic mass is 10.2. The van der Waals surface area contributed by atoms with Crippen molar-refractivity contribution < 1.29 is 4.74 Å². The number of aromatic nitrogens is 5. The fraction of sp³-hybridized carbons (Fsp3) is 0.300. The summed E-state index contributed by atoms with van der Waals surface area (Å²) in [5.74, 6) is 1.64. The van der Waals surface area contributed by atoms with Crippen LogP contribution >= 0.6 is 23.1 Å². The van der Waals surface area contributed by atoms with Gasteiger partial charge in [0.25, 0.3) is 0 Å². The van der Waals surface area contributed by atoms with Crippen LogP contribution in [-0.2, 0) is 17.0 Å². The van der Waals surface area contributed by atoms with Crippen LogP contribution in [0.4, 0.5) is 0 Å². The molecule has 0 aliphatic heterocycles. The number of benzene rings is 1. The van der Waals surface area contributed by atoms with Gasteiger partial charge in [0.1, 0.15) is 5.01 Å². The number of pyridine rings is 1. The number of fused-ring (bicyclic) bond motifs is 1. The smallest absolute Gasteiger partial charge is 0.191 e. The molecule has 1 aromatic carbocycles. The molecule has 0 radical (unpaired) electrons. The van der Waals surface area contributed by atoms with Crippen LogP contribution in [0.2, 0.25) is 0 Å². The highest BCUT2D eigenvalue weighted by molar-refractivity contribution is 7.98.